The Hall–Kier alpha value is -2.30. The van der Waals surface area contributed by atoms with Gasteiger partial charge in [0.25, 0.3) is 0 Å². The summed E-state index contributed by atoms with van der Waals surface area (Å²) in [4.78, 5) is 23.6. The molecule has 92 valence electrons. The van der Waals surface area contributed by atoms with E-state index in [0.29, 0.717) is 17.1 Å². The lowest BCUT2D eigenvalue weighted by Gasteiger charge is -2.10. The first-order valence-electron chi connectivity index (χ1n) is 5.60. The Labute approximate surface area is 105 Å². The number of carboxylic acid groups (broad SMARTS) is 1. The molecular weight excluding hydrogens is 230 g/mol. The van der Waals surface area contributed by atoms with E-state index in [1.54, 1.807) is 30.7 Å². The summed E-state index contributed by atoms with van der Waals surface area (Å²) >= 11 is 0. The zero-order valence-corrected chi connectivity index (χ0v) is 10.2. The highest BCUT2D eigenvalue weighted by atomic mass is 16.4. The van der Waals surface area contributed by atoms with E-state index in [1.807, 2.05) is 13.8 Å². The first-order valence-corrected chi connectivity index (χ1v) is 5.60. The van der Waals surface area contributed by atoms with E-state index in [2.05, 4.69) is 15.0 Å². The van der Waals surface area contributed by atoms with Crippen molar-refractivity contribution >= 4 is 5.97 Å². The quantitative estimate of drug-likeness (QED) is 0.895. The van der Waals surface area contributed by atoms with Crippen LogP contribution in [0.25, 0.3) is 11.4 Å². The van der Waals surface area contributed by atoms with E-state index in [1.165, 1.54) is 0 Å². The fourth-order valence-corrected chi connectivity index (χ4v) is 1.67. The van der Waals surface area contributed by atoms with E-state index in [-0.39, 0.29) is 11.5 Å². The molecular formula is C13H13N3O2. The van der Waals surface area contributed by atoms with E-state index in [0.717, 1.165) is 0 Å². The molecule has 0 amide bonds. The first kappa shape index (κ1) is 12.2. The largest absolute Gasteiger partial charge is 0.478 e. The number of nitrogens with zero attached hydrogens (tertiary/aromatic N) is 3. The van der Waals surface area contributed by atoms with Gasteiger partial charge < -0.3 is 5.11 Å². The van der Waals surface area contributed by atoms with Crippen LogP contribution in [0.3, 0.4) is 0 Å². The van der Waals surface area contributed by atoms with Crippen LogP contribution >= 0.6 is 0 Å². The van der Waals surface area contributed by atoms with Gasteiger partial charge in [-0.1, -0.05) is 13.8 Å². The van der Waals surface area contributed by atoms with Gasteiger partial charge in [0.1, 0.15) is 5.69 Å². The Balaban J connectivity index is 2.54. The minimum Gasteiger partial charge on any atom is -0.478 e. The number of aromatic nitrogens is 3. The second-order valence-electron chi connectivity index (χ2n) is 4.18. The molecule has 0 saturated carbocycles. The van der Waals surface area contributed by atoms with Crippen molar-refractivity contribution in [3.05, 3.63) is 42.0 Å². The topological polar surface area (TPSA) is 76.0 Å². The summed E-state index contributed by atoms with van der Waals surface area (Å²) in [6, 6.07) is 3.22. The molecule has 5 nitrogen and oxygen atoms in total. The smallest absolute Gasteiger partial charge is 0.337 e. The molecule has 0 aliphatic carbocycles. The molecule has 0 fully saturated rings. The summed E-state index contributed by atoms with van der Waals surface area (Å²) in [7, 11) is 0. The highest BCUT2D eigenvalue weighted by molar-refractivity contribution is 5.89. The van der Waals surface area contributed by atoms with Crippen molar-refractivity contribution in [2.24, 2.45) is 0 Å². The molecule has 0 aliphatic heterocycles. The lowest BCUT2D eigenvalue weighted by atomic mass is 10.0. The number of hydrogen-bond donors (Lipinski definition) is 1. The van der Waals surface area contributed by atoms with Crippen molar-refractivity contribution < 1.29 is 9.90 Å². The predicted molar refractivity (Wildman–Crippen MR) is 66.3 cm³/mol. The third-order valence-corrected chi connectivity index (χ3v) is 2.53. The Kier molecular flexibility index (Phi) is 3.32. The lowest BCUT2D eigenvalue weighted by Crippen LogP contribution is -2.07. The van der Waals surface area contributed by atoms with Gasteiger partial charge in [-0.15, -0.1) is 0 Å². The van der Waals surface area contributed by atoms with Crippen LogP contribution in [-0.2, 0) is 0 Å². The molecule has 2 heterocycles. The normalized spacial score (nSPS) is 10.6. The van der Waals surface area contributed by atoms with Crippen LogP contribution in [0.4, 0.5) is 0 Å². The van der Waals surface area contributed by atoms with Crippen molar-refractivity contribution in [2.45, 2.75) is 19.8 Å². The first-order chi connectivity index (χ1) is 8.59. The zero-order valence-electron chi connectivity index (χ0n) is 10.2. The maximum atomic E-state index is 11.1. The van der Waals surface area contributed by atoms with Crippen LogP contribution in [-0.4, -0.2) is 26.0 Å². The SMILES string of the molecule is CC(C)c1nc(-c2cnccn2)ccc1C(=O)O. The average molecular weight is 243 g/mol. The summed E-state index contributed by atoms with van der Waals surface area (Å²) in [6.07, 6.45) is 4.77. The lowest BCUT2D eigenvalue weighted by molar-refractivity contribution is 0.0694. The Morgan fingerprint density at radius 2 is 2.00 bits per heavy atom. The van der Waals surface area contributed by atoms with E-state index in [4.69, 9.17) is 5.11 Å². The standard InChI is InChI=1S/C13H13N3O2/c1-8(2)12-9(13(17)18)3-4-10(16-12)11-7-14-5-6-15-11/h3-8H,1-2H3,(H,17,18). The number of rotatable bonds is 3. The second-order valence-corrected chi connectivity index (χ2v) is 4.18. The fraction of sp³-hybridized carbons (Fsp3) is 0.231. The van der Waals surface area contributed by atoms with Gasteiger partial charge in [0, 0.05) is 12.4 Å². The molecule has 0 spiro atoms. The number of carboxylic acids is 1. The summed E-state index contributed by atoms with van der Waals surface area (Å²) in [5.74, 6) is -0.926. The summed E-state index contributed by atoms with van der Waals surface area (Å²) in [5.41, 5.74) is 2.07. The third kappa shape index (κ3) is 2.34. The average Bonchev–Trinajstić information content (AvgIpc) is 2.39. The van der Waals surface area contributed by atoms with Gasteiger partial charge in [-0.05, 0) is 18.1 Å². The molecule has 2 rings (SSSR count). The molecule has 2 aromatic rings. The van der Waals surface area contributed by atoms with Crippen molar-refractivity contribution in [1.82, 2.24) is 15.0 Å². The van der Waals surface area contributed by atoms with Gasteiger partial charge in [-0.25, -0.2) is 9.78 Å². The monoisotopic (exact) mass is 243 g/mol. The predicted octanol–water partition coefficient (Wildman–Crippen LogP) is 2.36. The van der Waals surface area contributed by atoms with Crippen molar-refractivity contribution in [3.63, 3.8) is 0 Å². The highest BCUT2D eigenvalue weighted by Crippen LogP contribution is 2.21. The second kappa shape index (κ2) is 4.91. The van der Waals surface area contributed by atoms with Crippen LogP contribution in [0.1, 0.15) is 35.8 Å². The Morgan fingerprint density at radius 1 is 1.22 bits per heavy atom. The minimum atomic E-state index is -0.961. The molecule has 18 heavy (non-hydrogen) atoms. The molecule has 0 aromatic carbocycles. The van der Waals surface area contributed by atoms with Gasteiger partial charge in [-0.3, -0.25) is 9.97 Å². The summed E-state index contributed by atoms with van der Waals surface area (Å²) in [5, 5.41) is 9.11. The molecule has 0 atom stereocenters. The van der Waals surface area contributed by atoms with Crippen molar-refractivity contribution in [1.29, 1.82) is 0 Å². The van der Waals surface area contributed by atoms with Crippen LogP contribution in [0.2, 0.25) is 0 Å². The van der Waals surface area contributed by atoms with E-state index in [9.17, 15) is 4.79 Å². The van der Waals surface area contributed by atoms with Gasteiger partial charge in [-0.2, -0.15) is 0 Å². The summed E-state index contributed by atoms with van der Waals surface area (Å²) in [6.45, 7) is 3.82. The molecule has 0 radical (unpaired) electrons. The Morgan fingerprint density at radius 3 is 2.56 bits per heavy atom. The molecule has 5 heteroatoms. The van der Waals surface area contributed by atoms with E-state index < -0.39 is 5.97 Å². The highest BCUT2D eigenvalue weighted by Gasteiger charge is 2.15. The number of pyridine rings is 1. The Bertz CT molecular complexity index is 568. The van der Waals surface area contributed by atoms with Gasteiger partial charge >= 0.3 is 5.97 Å². The molecule has 0 bridgehead atoms. The number of carbonyl (C=O) groups is 1. The van der Waals surface area contributed by atoms with Crippen LogP contribution < -0.4 is 0 Å². The molecule has 0 saturated heterocycles. The van der Waals surface area contributed by atoms with Gasteiger partial charge in [0.15, 0.2) is 0 Å². The maximum absolute atomic E-state index is 11.1. The van der Waals surface area contributed by atoms with Crippen molar-refractivity contribution in [3.8, 4) is 11.4 Å². The number of aromatic carboxylic acids is 1. The zero-order chi connectivity index (χ0) is 13.1. The molecule has 2 aromatic heterocycles. The number of hydrogen-bond acceptors (Lipinski definition) is 4. The maximum Gasteiger partial charge on any atom is 0.337 e. The van der Waals surface area contributed by atoms with Crippen molar-refractivity contribution in [2.75, 3.05) is 0 Å². The van der Waals surface area contributed by atoms with Gasteiger partial charge in [0.2, 0.25) is 0 Å². The minimum absolute atomic E-state index is 0.0349. The van der Waals surface area contributed by atoms with Crippen LogP contribution in [0.5, 0.6) is 0 Å². The summed E-state index contributed by atoms with van der Waals surface area (Å²) < 4.78 is 0. The fourth-order valence-electron chi connectivity index (χ4n) is 1.67. The third-order valence-electron chi connectivity index (χ3n) is 2.53. The van der Waals surface area contributed by atoms with Crippen LogP contribution in [0, 0.1) is 0 Å². The van der Waals surface area contributed by atoms with Crippen LogP contribution in [0.15, 0.2) is 30.7 Å². The molecule has 1 N–H and O–H groups in total. The molecule has 0 aliphatic rings. The van der Waals surface area contributed by atoms with E-state index >= 15 is 0 Å². The van der Waals surface area contributed by atoms with Gasteiger partial charge in [0.05, 0.1) is 23.1 Å². The molecule has 0 unspecified atom stereocenters.